The number of Topliss-reactive ketones (excluding diaryl/α,β-unsaturated/α-hetero) is 1. The van der Waals surface area contributed by atoms with Crippen LogP contribution in [0.4, 0.5) is 0 Å². The van der Waals surface area contributed by atoms with Crippen LogP contribution >= 0.6 is 0 Å². The van der Waals surface area contributed by atoms with E-state index >= 15 is 0 Å². The van der Waals surface area contributed by atoms with Crippen LogP contribution in [-0.4, -0.2) is 18.0 Å². The van der Waals surface area contributed by atoms with Gasteiger partial charge in [0.25, 0.3) is 0 Å². The Hall–Kier alpha value is -0.630. The summed E-state index contributed by atoms with van der Waals surface area (Å²) in [6.07, 6.45) is 3.73. The number of carbonyl (C=O) groups excluding carboxylic acids is 1. The van der Waals surface area contributed by atoms with Gasteiger partial charge in [-0.3, -0.25) is 4.79 Å². The van der Waals surface area contributed by atoms with Crippen molar-refractivity contribution in [3.8, 4) is 0 Å². The standard InChI is InChI=1S/C10H14O2/c1-7-3-4-8(5-9(7)11)10(2)6-12-10/h3,8H,4-6H2,1-2H3/t8-,10+/m1/s1. The van der Waals surface area contributed by atoms with Gasteiger partial charge in [-0.25, -0.2) is 0 Å². The molecule has 1 aliphatic carbocycles. The van der Waals surface area contributed by atoms with Gasteiger partial charge in [0.2, 0.25) is 0 Å². The van der Waals surface area contributed by atoms with E-state index in [1.807, 2.05) is 13.0 Å². The lowest BCUT2D eigenvalue weighted by atomic mass is 9.81. The fourth-order valence-electron chi connectivity index (χ4n) is 1.72. The highest BCUT2D eigenvalue weighted by Crippen LogP contribution is 2.41. The van der Waals surface area contributed by atoms with E-state index in [9.17, 15) is 4.79 Å². The molecule has 0 N–H and O–H groups in total. The van der Waals surface area contributed by atoms with Gasteiger partial charge >= 0.3 is 0 Å². The summed E-state index contributed by atoms with van der Waals surface area (Å²) in [5, 5.41) is 0. The van der Waals surface area contributed by atoms with Gasteiger partial charge in [-0.05, 0) is 25.8 Å². The molecule has 1 aliphatic heterocycles. The average Bonchev–Trinajstić information content (AvgIpc) is 2.75. The van der Waals surface area contributed by atoms with Crippen molar-refractivity contribution in [2.75, 3.05) is 6.61 Å². The number of epoxide rings is 1. The lowest BCUT2D eigenvalue weighted by Gasteiger charge is -2.22. The molecule has 0 aromatic heterocycles. The van der Waals surface area contributed by atoms with Crippen LogP contribution in [0.3, 0.4) is 0 Å². The van der Waals surface area contributed by atoms with E-state index in [1.54, 1.807) is 0 Å². The third-order valence-electron chi connectivity index (χ3n) is 3.04. The first kappa shape index (κ1) is 7.99. The summed E-state index contributed by atoms with van der Waals surface area (Å²) in [6.45, 7) is 4.83. The second-order valence-electron chi connectivity index (χ2n) is 4.05. The quantitative estimate of drug-likeness (QED) is 0.555. The van der Waals surface area contributed by atoms with Gasteiger partial charge in [-0.1, -0.05) is 6.08 Å². The van der Waals surface area contributed by atoms with E-state index in [0.717, 1.165) is 18.6 Å². The summed E-state index contributed by atoms with van der Waals surface area (Å²) < 4.78 is 5.34. The third kappa shape index (κ3) is 1.20. The minimum Gasteiger partial charge on any atom is -0.370 e. The van der Waals surface area contributed by atoms with Gasteiger partial charge in [0.15, 0.2) is 5.78 Å². The number of rotatable bonds is 1. The van der Waals surface area contributed by atoms with Crippen molar-refractivity contribution in [2.24, 2.45) is 5.92 Å². The molecule has 1 fully saturated rings. The molecule has 2 aliphatic rings. The minimum absolute atomic E-state index is 0.0207. The van der Waals surface area contributed by atoms with Gasteiger partial charge in [0.05, 0.1) is 12.2 Å². The Balaban J connectivity index is 2.09. The maximum atomic E-state index is 11.4. The molecule has 1 saturated heterocycles. The molecule has 12 heavy (non-hydrogen) atoms. The average molecular weight is 166 g/mol. The Morgan fingerprint density at radius 1 is 1.67 bits per heavy atom. The van der Waals surface area contributed by atoms with Crippen molar-refractivity contribution in [3.63, 3.8) is 0 Å². The van der Waals surface area contributed by atoms with E-state index in [-0.39, 0.29) is 5.60 Å². The Morgan fingerprint density at radius 3 is 2.83 bits per heavy atom. The van der Waals surface area contributed by atoms with Gasteiger partial charge in [0.1, 0.15) is 0 Å². The molecule has 2 nitrogen and oxygen atoms in total. The zero-order valence-electron chi connectivity index (χ0n) is 7.59. The maximum absolute atomic E-state index is 11.4. The molecule has 0 bridgehead atoms. The van der Waals surface area contributed by atoms with E-state index in [0.29, 0.717) is 18.1 Å². The molecule has 0 unspecified atom stereocenters. The van der Waals surface area contributed by atoms with Crippen LogP contribution in [0.1, 0.15) is 26.7 Å². The Bertz CT molecular complexity index is 249. The molecular weight excluding hydrogens is 152 g/mol. The van der Waals surface area contributed by atoms with Crippen LogP contribution in [0, 0.1) is 5.92 Å². The Kier molecular flexibility index (Phi) is 1.62. The predicted molar refractivity (Wildman–Crippen MR) is 45.8 cm³/mol. The minimum atomic E-state index is 0.0207. The van der Waals surface area contributed by atoms with Crippen molar-refractivity contribution in [2.45, 2.75) is 32.3 Å². The zero-order chi connectivity index (χ0) is 8.77. The van der Waals surface area contributed by atoms with Crippen LogP contribution < -0.4 is 0 Å². The highest BCUT2D eigenvalue weighted by Gasteiger charge is 2.47. The van der Waals surface area contributed by atoms with Crippen molar-refractivity contribution in [1.29, 1.82) is 0 Å². The summed E-state index contributed by atoms with van der Waals surface area (Å²) in [6, 6.07) is 0. The summed E-state index contributed by atoms with van der Waals surface area (Å²) in [5.41, 5.74) is 0.947. The zero-order valence-corrected chi connectivity index (χ0v) is 7.59. The molecule has 0 amide bonds. The summed E-state index contributed by atoms with van der Waals surface area (Å²) >= 11 is 0. The number of hydrogen-bond acceptors (Lipinski definition) is 2. The van der Waals surface area contributed by atoms with Crippen molar-refractivity contribution < 1.29 is 9.53 Å². The molecule has 2 rings (SSSR count). The largest absolute Gasteiger partial charge is 0.370 e. The molecule has 0 aromatic rings. The van der Waals surface area contributed by atoms with Crippen LogP contribution in [0.2, 0.25) is 0 Å². The van der Waals surface area contributed by atoms with Gasteiger partial charge in [0, 0.05) is 12.3 Å². The number of hydrogen-bond donors (Lipinski definition) is 0. The fraction of sp³-hybridized carbons (Fsp3) is 0.700. The lowest BCUT2D eigenvalue weighted by Crippen LogP contribution is -2.26. The number of carbonyl (C=O) groups is 1. The highest BCUT2D eigenvalue weighted by atomic mass is 16.6. The van der Waals surface area contributed by atoms with E-state index in [1.165, 1.54) is 0 Å². The third-order valence-corrected chi connectivity index (χ3v) is 3.04. The smallest absolute Gasteiger partial charge is 0.158 e. The number of allylic oxidation sites excluding steroid dienone is 2. The SMILES string of the molecule is CC1=CC[C@@H]([C@]2(C)CO2)CC1=O. The molecule has 0 spiro atoms. The van der Waals surface area contributed by atoms with E-state index < -0.39 is 0 Å². The molecule has 0 saturated carbocycles. The highest BCUT2D eigenvalue weighted by molar-refractivity contribution is 5.95. The molecule has 0 radical (unpaired) electrons. The second kappa shape index (κ2) is 2.43. The first-order valence-electron chi connectivity index (χ1n) is 4.46. The normalized spacial score (nSPS) is 41.0. The summed E-state index contributed by atoms with van der Waals surface area (Å²) in [7, 11) is 0. The van der Waals surface area contributed by atoms with Crippen molar-refractivity contribution in [1.82, 2.24) is 0 Å². The van der Waals surface area contributed by atoms with Gasteiger partial charge < -0.3 is 4.74 Å². The van der Waals surface area contributed by atoms with Gasteiger partial charge in [-0.2, -0.15) is 0 Å². The van der Waals surface area contributed by atoms with Crippen LogP contribution in [0.25, 0.3) is 0 Å². The monoisotopic (exact) mass is 166 g/mol. The van der Waals surface area contributed by atoms with E-state index in [2.05, 4.69) is 6.92 Å². The molecule has 2 heteroatoms. The summed E-state index contributed by atoms with van der Waals surface area (Å²) in [5.74, 6) is 0.719. The number of ether oxygens (including phenoxy) is 1. The molecule has 0 aromatic carbocycles. The first-order valence-corrected chi connectivity index (χ1v) is 4.46. The fourth-order valence-corrected chi connectivity index (χ4v) is 1.72. The van der Waals surface area contributed by atoms with Crippen molar-refractivity contribution >= 4 is 5.78 Å². The predicted octanol–water partition coefficient (Wildman–Crippen LogP) is 1.70. The molecule has 66 valence electrons. The lowest BCUT2D eigenvalue weighted by molar-refractivity contribution is -0.117. The topological polar surface area (TPSA) is 29.6 Å². The maximum Gasteiger partial charge on any atom is 0.158 e. The van der Waals surface area contributed by atoms with Gasteiger partial charge in [-0.15, -0.1) is 0 Å². The first-order chi connectivity index (χ1) is 5.62. The summed E-state index contributed by atoms with van der Waals surface area (Å²) in [4.78, 5) is 11.4. The van der Waals surface area contributed by atoms with Crippen LogP contribution in [0.15, 0.2) is 11.6 Å². The number of ketones is 1. The van der Waals surface area contributed by atoms with E-state index in [4.69, 9.17) is 4.74 Å². The Morgan fingerprint density at radius 2 is 2.33 bits per heavy atom. The Labute approximate surface area is 72.6 Å². The van der Waals surface area contributed by atoms with Crippen LogP contribution in [0.5, 0.6) is 0 Å². The van der Waals surface area contributed by atoms with Crippen molar-refractivity contribution in [3.05, 3.63) is 11.6 Å². The second-order valence-corrected chi connectivity index (χ2v) is 4.05. The molecular formula is C10H14O2. The van der Waals surface area contributed by atoms with Crippen LogP contribution in [-0.2, 0) is 9.53 Å². The molecule has 1 heterocycles. The molecule has 2 atom stereocenters.